The Kier molecular flexibility index (Phi) is 6.34. The van der Waals surface area contributed by atoms with Crippen LogP contribution in [0.5, 0.6) is 5.75 Å². The topological polar surface area (TPSA) is 73.2 Å². The first-order chi connectivity index (χ1) is 15.4. The lowest BCUT2D eigenvalue weighted by atomic mass is 10.1. The summed E-state index contributed by atoms with van der Waals surface area (Å²) in [6, 6.07) is 16.7. The first kappa shape index (κ1) is 22.1. The number of hydrogen-bond acceptors (Lipinski definition) is 6. The van der Waals surface area contributed by atoms with Crippen LogP contribution in [0, 0.1) is 13.8 Å². The summed E-state index contributed by atoms with van der Waals surface area (Å²) in [5, 5.41) is 3.54. The molecule has 0 saturated heterocycles. The molecule has 2 aromatic heterocycles. The molecule has 0 radical (unpaired) electrons. The fraction of sp³-hybridized carbons (Fsp3) is 0.208. The molecule has 1 amide bonds. The van der Waals surface area contributed by atoms with Crippen molar-refractivity contribution in [2.24, 2.45) is 7.05 Å². The van der Waals surface area contributed by atoms with E-state index < -0.39 is 5.25 Å². The zero-order valence-corrected chi connectivity index (χ0v) is 19.8. The molecule has 8 heteroatoms. The van der Waals surface area contributed by atoms with E-state index in [0.717, 1.165) is 16.0 Å². The van der Waals surface area contributed by atoms with E-state index in [4.69, 9.17) is 9.72 Å². The molecule has 4 aromatic rings. The van der Waals surface area contributed by atoms with Crippen LogP contribution in [0.1, 0.15) is 21.3 Å². The number of anilines is 1. The van der Waals surface area contributed by atoms with Gasteiger partial charge < -0.3 is 10.1 Å². The molecular formula is C24H23N3O3S2. The average molecular weight is 466 g/mol. The van der Waals surface area contributed by atoms with Gasteiger partial charge in [-0.25, -0.2) is 4.98 Å². The molecule has 1 unspecified atom stereocenters. The maximum Gasteiger partial charge on any atom is 0.262 e. The van der Waals surface area contributed by atoms with Crippen molar-refractivity contribution in [1.29, 1.82) is 0 Å². The Hall–Kier alpha value is -3.10. The molecule has 2 heterocycles. The highest BCUT2D eigenvalue weighted by Crippen LogP contribution is 2.36. The minimum absolute atomic E-state index is 0.0956. The van der Waals surface area contributed by atoms with Crippen LogP contribution >= 0.6 is 23.1 Å². The molecule has 32 heavy (non-hydrogen) atoms. The van der Waals surface area contributed by atoms with Crippen molar-refractivity contribution >= 4 is 44.9 Å². The number of carbonyl (C=O) groups excluding carboxylic acids is 1. The van der Waals surface area contributed by atoms with Crippen molar-refractivity contribution in [3.05, 3.63) is 81.0 Å². The Morgan fingerprint density at radius 1 is 1.12 bits per heavy atom. The molecule has 0 aliphatic heterocycles. The van der Waals surface area contributed by atoms with Crippen LogP contribution < -0.4 is 15.6 Å². The number of ether oxygens (including phenoxy) is 1. The van der Waals surface area contributed by atoms with Crippen LogP contribution in [0.15, 0.2) is 64.5 Å². The minimum Gasteiger partial charge on any atom is -0.497 e. The van der Waals surface area contributed by atoms with Gasteiger partial charge >= 0.3 is 0 Å². The number of aromatic nitrogens is 2. The Balaban J connectivity index is 1.71. The van der Waals surface area contributed by atoms with Gasteiger partial charge in [0, 0.05) is 17.6 Å². The fourth-order valence-electron chi connectivity index (χ4n) is 3.35. The maximum absolute atomic E-state index is 13.3. The molecule has 0 bridgehead atoms. The van der Waals surface area contributed by atoms with Crippen molar-refractivity contribution in [2.45, 2.75) is 24.3 Å². The van der Waals surface area contributed by atoms with Gasteiger partial charge in [-0.3, -0.25) is 14.2 Å². The van der Waals surface area contributed by atoms with Crippen molar-refractivity contribution in [1.82, 2.24) is 9.55 Å². The van der Waals surface area contributed by atoms with Gasteiger partial charge in [0.15, 0.2) is 5.16 Å². The first-order valence-corrected chi connectivity index (χ1v) is 11.7. The second kappa shape index (κ2) is 9.18. The highest BCUT2D eigenvalue weighted by atomic mass is 32.2. The average Bonchev–Trinajstić information content (AvgIpc) is 3.09. The number of nitrogens with zero attached hydrogens (tertiary/aromatic N) is 2. The van der Waals surface area contributed by atoms with Gasteiger partial charge in [-0.15, -0.1) is 11.3 Å². The van der Waals surface area contributed by atoms with Crippen molar-refractivity contribution in [3.63, 3.8) is 0 Å². The molecule has 6 nitrogen and oxygen atoms in total. The van der Waals surface area contributed by atoms with Crippen LogP contribution in [0.3, 0.4) is 0 Å². The number of rotatable bonds is 6. The molecule has 0 aliphatic carbocycles. The van der Waals surface area contributed by atoms with Crippen molar-refractivity contribution in [3.8, 4) is 5.75 Å². The Morgan fingerprint density at radius 3 is 2.47 bits per heavy atom. The minimum atomic E-state index is -0.587. The van der Waals surface area contributed by atoms with E-state index in [1.54, 1.807) is 38.4 Å². The summed E-state index contributed by atoms with van der Waals surface area (Å²) in [5.74, 6) is 0.519. The highest BCUT2D eigenvalue weighted by Gasteiger charge is 2.25. The highest BCUT2D eigenvalue weighted by molar-refractivity contribution is 8.00. The van der Waals surface area contributed by atoms with Gasteiger partial charge in [-0.05, 0) is 49.2 Å². The molecule has 164 valence electrons. The molecule has 1 atom stereocenters. The molecule has 1 N–H and O–H groups in total. The third kappa shape index (κ3) is 4.28. The van der Waals surface area contributed by atoms with E-state index in [0.29, 0.717) is 26.8 Å². The molecule has 0 aliphatic rings. The number of nitrogens with one attached hydrogen (secondary N) is 1. The number of hydrogen-bond donors (Lipinski definition) is 1. The van der Waals surface area contributed by atoms with Crippen molar-refractivity contribution in [2.75, 3.05) is 12.4 Å². The predicted octanol–water partition coefficient (Wildman–Crippen LogP) is 5.09. The number of thioether (sulfide) groups is 1. The Bertz CT molecular complexity index is 1330. The second-order valence-corrected chi connectivity index (χ2v) is 9.62. The fourth-order valence-corrected chi connectivity index (χ4v) is 5.48. The Morgan fingerprint density at radius 2 is 1.81 bits per heavy atom. The molecule has 4 rings (SSSR count). The molecule has 0 saturated carbocycles. The number of amides is 1. The van der Waals surface area contributed by atoms with E-state index in [2.05, 4.69) is 5.32 Å². The van der Waals surface area contributed by atoms with E-state index in [9.17, 15) is 9.59 Å². The second-order valence-electron chi connectivity index (χ2n) is 7.35. The lowest BCUT2D eigenvalue weighted by molar-refractivity contribution is -0.115. The van der Waals surface area contributed by atoms with E-state index in [1.165, 1.54) is 27.7 Å². The maximum atomic E-state index is 13.3. The van der Waals surface area contributed by atoms with Crippen LogP contribution in [0.4, 0.5) is 5.69 Å². The van der Waals surface area contributed by atoms with Gasteiger partial charge in [0.1, 0.15) is 15.8 Å². The van der Waals surface area contributed by atoms with Gasteiger partial charge in [0.2, 0.25) is 5.91 Å². The van der Waals surface area contributed by atoms with Crippen LogP contribution in [-0.4, -0.2) is 22.6 Å². The Labute approximate surface area is 194 Å². The summed E-state index contributed by atoms with van der Waals surface area (Å²) in [4.78, 5) is 32.9. The summed E-state index contributed by atoms with van der Waals surface area (Å²) in [6.45, 7) is 3.93. The SMILES string of the molecule is COc1ccc(NC(=O)C(Sc2nc3sc(C)c(C)c3c(=O)n2C)c2ccccc2)cc1. The monoisotopic (exact) mass is 465 g/mol. The normalized spacial score (nSPS) is 12.0. The van der Waals surface area contributed by atoms with Crippen LogP contribution in [0.25, 0.3) is 10.2 Å². The van der Waals surface area contributed by atoms with E-state index in [1.807, 2.05) is 44.2 Å². The molecule has 0 fully saturated rings. The summed E-state index contributed by atoms with van der Waals surface area (Å²) in [6.07, 6.45) is 0. The zero-order valence-electron chi connectivity index (χ0n) is 18.2. The summed E-state index contributed by atoms with van der Waals surface area (Å²) in [5.41, 5.74) is 2.36. The lowest BCUT2D eigenvalue weighted by Crippen LogP contribution is -2.23. The summed E-state index contributed by atoms with van der Waals surface area (Å²) >= 11 is 2.77. The van der Waals surface area contributed by atoms with Crippen molar-refractivity contribution < 1.29 is 9.53 Å². The first-order valence-electron chi connectivity index (χ1n) is 10.0. The van der Waals surface area contributed by atoms with Gasteiger partial charge in [-0.1, -0.05) is 42.1 Å². The predicted molar refractivity (Wildman–Crippen MR) is 131 cm³/mol. The zero-order chi connectivity index (χ0) is 22.8. The number of carbonyl (C=O) groups is 1. The standard InChI is InChI=1S/C24H23N3O3S2/c1-14-15(2)31-22-19(14)23(29)27(3)24(26-22)32-20(16-8-6-5-7-9-16)21(28)25-17-10-12-18(30-4)13-11-17/h5-13,20H,1-4H3,(H,25,28). The van der Waals surface area contributed by atoms with E-state index in [-0.39, 0.29) is 11.5 Å². The number of methoxy groups -OCH3 is 1. The van der Waals surface area contributed by atoms with Crippen LogP contribution in [0.2, 0.25) is 0 Å². The largest absolute Gasteiger partial charge is 0.497 e. The van der Waals surface area contributed by atoms with E-state index >= 15 is 0 Å². The number of aryl methyl sites for hydroxylation is 2. The van der Waals surface area contributed by atoms with Gasteiger partial charge in [0.05, 0.1) is 12.5 Å². The third-order valence-corrected chi connectivity index (χ3v) is 7.69. The van der Waals surface area contributed by atoms with Crippen LogP contribution in [-0.2, 0) is 11.8 Å². The molecule has 0 spiro atoms. The lowest BCUT2D eigenvalue weighted by Gasteiger charge is -2.18. The quantitative estimate of drug-likeness (QED) is 0.317. The number of thiophene rings is 1. The smallest absolute Gasteiger partial charge is 0.262 e. The van der Waals surface area contributed by atoms with Gasteiger partial charge in [-0.2, -0.15) is 0 Å². The number of benzene rings is 2. The molecule has 2 aromatic carbocycles. The summed E-state index contributed by atoms with van der Waals surface area (Å²) in [7, 11) is 3.30. The number of fused-ring (bicyclic) bond motifs is 1. The molecular weight excluding hydrogens is 442 g/mol. The summed E-state index contributed by atoms with van der Waals surface area (Å²) < 4.78 is 6.71. The van der Waals surface area contributed by atoms with Gasteiger partial charge in [0.25, 0.3) is 5.56 Å². The third-order valence-electron chi connectivity index (χ3n) is 5.29.